The van der Waals surface area contributed by atoms with Crippen LogP contribution in [0.5, 0.6) is 0 Å². The predicted octanol–water partition coefficient (Wildman–Crippen LogP) is 5.49. The quantitative estimate of drug-likeness (QED) is 0.215. The largest absolute Gasteiger partial charge is 0.493 e. The molecule has 0 aromatic carbocycles. The fourth-order valence-electron chi connectivity index (χ4n) is 2.28. The fraction of sp³-hybridized carbons (Fsp3) is 0.292. The van der Waals surface area contributed by atoms with Gasteiger partial charge in [-0.05, 0) is 62.3 Å². The number of ketones is 1. The third kappa shape index (κ3) is 9.45. The molecule has 0 aromatic rings. The Morgan fingerprint density at radius 1 is 1.33 bits per heavy atom. The average Bonchev–Trinajstić information content (AvgIpc) is 2.89. The standard InChI is InChI=1S/C24H31NO2/c1-5-7-16-25-17-15-21(4)19-20(3)13-14-23(26)22-11-9-8-10-12-24(22)27-18-6-2/h5,8-9,11-15,17,19,25H,1,4,6-7,10,16,18H2,2-3H3/b14-13+,17-15-,20-19+. The molecule has 0 unspecified atom stereocenters. The molecular formula is C24H31NO2. The van der Waals surface area contributed by atoms with Crippen molar-refractivity contribution in [2.45, 2.75) is 33.1 Å². The van der Waals surface area contributed by atoms with E-state index in [9.17, 15) is 4.79 Å². The van der Waals surface area contributed by atoms with Gasteiger partial charge >= 0.3 is 0 Å². The molecule has 0 heterocycles. The van der Waals surface area contributed by atoms with E-state index >= 15 is 0 Å². The van der Waals surface area contributed by atoms with Gasteiger partial charge in [-0.2, -0.15) is 0 Å². The van der Waals surface area contributed by atoms with Crippen LogP contribution in [0.3, 0.4) is 0 Å². The third-order valence-corrected chi connectivity index (χ3v) is 3.65. The maximum absolute atomic E-state index is 12.6. The molecule has 0 atom stereocenters. The smallest absolute Gasteiger partial charge is 0.189 e. The molecule has 0 spiro atoms. The van der Waals surface area contributed by atoms with E-state index in [1.165, 1.54) is 0 Å². The van der Waals surface area contributed by atoms with E-state index in [0.29, 0.717) is 17.9 Å². The van der Waals surface area contributed by atoms with Crippen LogP contribution in [0.4, 0.5) is 0 Å². The molecule has 3 heteroatoms. The van der Waals surface area contributed by atoms with Gasteiger partial charge in [0, 0.05) is 6.54 Å². The van der Waals surface area contributed by atoms with Gasteiger partial charge < -0.3 is 10.1 Å². The Morgan fingerprint density at radius 2 is 2.15 bits per heavy atom. The highest BCUT2D eigenvalue weighted by atomic mass is 16.5. The number of hydrogen-bond donors (Lipinski definition) is 1. The number of carbonyl (C=O) groups is 1. The van der Waals surface area contributed by atoms with E-state index in [4.69, 9.17) is 4.74 Å². The van der Waals surface area contributed by atoms with Gasteiger partial charge in [-0.1, -0.05) is 49.5 Å². The Morgan fingerprint density at radius 3 is 2.89 bits per heavy atom. The molecular weight excluding hydrogens is 334 g/mol. The van der Waals surface area contributed by atoms with E-state index in [1.54, 1.807) is 12.2 Å². The van der Waals surface area contributed by atoms with Gasteiger partial charge in [0.2, 0.25) is 0 Å². The Balaban J connectivity index is 2.69. The minimum Gasteiger partial charge on any atom is -0.493 e. The second-order valence-electron chi connectivity index (χ2n) is 6.19. The highest BCUT2D eigenvalue weighted by Gasteiger charge is 2.13. The summed E-state index contributed by atoms with van der Waals surface area (Å²) in [5, 5.41) is 3.16. The lowest BCUT2D eigenvalue weighted by Gasteiger charge is -2.10. The number of carbonyl (C=O) groups excluding carboxylic acids is 1. The molecule has 0 aromatic heterocycles. The predicted molar refractivity (Wildman–Crippen MR) is 115 cm³/mol. The summed E-state index contributed by atoms with van der Waals surface area (Å²) < 4.78 is 5.74. The minimum atomic E-state index is -0.0658. The third-order valence-electron chi connectivity index (χ3n) is 3.65. The van der Waals surface area contributed by atoms with Crippen molar-refractivity contribution in [3.05, 3.63) is 96.5 Å². The maximum Gasteiger partial charge on any atom is 0.189 e. The molecule has 1 rings (SSSR count). The summed E-state index contributed by atoms with van der Waals surface area (Å²) in [5.41, 5.74) is 2.40. The molecule has 0 saturated carbocycles. The summed E-state index contributed by atoms with van der Waals surface area (Å²) >= 11 is 0. The molecule has 0 radical (unpaired) electrons. The van der Waals surface area contributed by atoms with Crippen molar-refractivity contribution in [1.29, 1.82) is 0 Å². The monoisotopic (exact) mass is 365 g/mol. The van der Waals surface area contributed by atoms with E-state index in [-0.39, 0.29) is 5.78 Å². The first kappa shape index (κ1) is 22.2. The molecule has 1 aliphatic carbocycles. The van der Waals surface area contributed by atoms with Crippen LogP contribution in [0.2, 0.25) is 0 Å². The van der Waals surface area contributed by atoms with Gasteiger partial charge in [-0.3, -0.25) is 4.79 Å². The lowest BCUT2D eigenvalue weighted by atomic mass is 10.1. The minimum absolute atomic E-state index is 0.0658. The van der Waals surface area contributed by atoms with Crippen molar-refractivity contribution in [2.75, 3.05) is 13.2 Å². The van der Waals surface area contributed by atoms with Crippen LogP contribution < -0.4 is 5.32 Å². The van der Waals surface area contributed by atoms with Gasteiger partial charge in [-0.25, -0.2) is 0 Å². The zero-order chi connectivity index (χ0) is 19.9. The molecule has 1 aliphatic rings. The van der Waals surface area contributed by atoms with E-state index < -0.39 is 0 Å². The summed E-state index contributed by atoms with van der Waals surface area (Å²) in [6.07, 6.45) is 21.2. The lowest BCUT2D eigenvalue weighted by Crippen LogP contribution is -2.06. The van der Waals surface area contributed by atoms with Crippen LogP contribution in [-0.4, -0.2) is 18.9 Å². The van der Waals surface area contributed by atoms with E-state index in [0.717, 1.165) is 37.0 Å². The van der Waals surface area contributed by atoms with Gasteiger partial charge in [0.1, 0.15) is 5.76 Å². The molecule has 0 fully saturated rings. The normalized spacial score (nSPS) is 14.7. The highest BCUT2D eigenvalue weighted by Crippen LogP contribution is 2.18. The molecule has 1 N–H and O–H groups in total. The first-order valence-corrected chi connectivity index (χ1v) is 9.39. The van der Waals surface area contributed by atoms with Crippen LogP contribution >= 0.6 is 0 Å². The fourth-order valence-corrected chi connectivity index (χ4v) is 2.28. The zero-order valence-electron chi connectivity index (χ0n) is 16.5. The van der Waals surface area contributed by atoms with E-state index in [2.05, 4.69) is 18.5 Å². The molecule has 0 bridgehead atoms. The van der Waals surface area contributed by atoms with Gasteiger partial charge in [0.25, 0.3) is 0 Å². The van der Waals surface area contributed by atoms with Crippen molar-refractivity contribution in [3.8, 4) is 0 Å². The zero-order valence-corrected chi connectivity index (χ0v) is 16.5. The van der Waals surface area contributed by atoms with Crippen molar-refractivity contribution >= 4 is 5.78 Å². The second-order valence-corrected chi connectivity index (χ2v) is 6.19. The Bertz CT molecular complexity index is 700. The summed E-state index contributed by atoms with van der Waals surface area (Å²) in [7, 11) is 0. The SMILES string of the molecule is C=CCCN/C=C\C(=C)/C=C(C)/C=C/C(=O)C1=CC=CCC=C1OCCC. The maximum atomic E-state index is 12.6. The van der Waals surface area contributed by atoms with Gasteiger partial charge in [-0.15, -0.1) is 6.58 Å². The Kier molecular flexibility index (Phi) is 11.0. The number of hydrogen-bond acceptors (Lipinski definition) is 3. The van der Waals surface area contributed by atoms with E-state index in [1.807, 2.05) is 62.6 Å². The van der Waals surface area contributed by atoms with Crippen LogP contribution in [0.1, 0.15) is 33.1 Å². The van der Waals surface area contributed by atoms with Crippen LogP contribution in [0, 0.1) is 0 Å². The first-order valence-electron chi connectivity index (χ1n) is 9.39. The molecule has 27 heavy (non-hydrogen) atoms. The second kappa shape index (κ2) is 13.4. The summed E-state index contributed by atoms with van der Waals surface area (Å²) in [4.78, 5) is 12.6. The number of nitrogens with one attached hydrogen (secondary N) is 1. The topological polar surface area (TPSA) is 38.3 Å². The molecule has 144 valence electrons. The van der Waals surface area contributed by atoms with Gasteiger partial charge in [0.05, 0.1) is 12.2 Å². The van der Waals surface area contributed by atoms with Crippen LogP contribution in [-0.2, 0) is 9.53 Å². The summed E-state index contributed by atoms with van der Waals surface area (Å²) in [6, 6.07) is 0. The van der Waals surface area contributed by atoms with Crippen molar-refractivity contribution < 1.29 is 9.53 Å². The number of rotatable bonds is 12. The molecule has 0 saturated heterocycles. The van der Waals surface area contributed by atoms with Crippen LogP contribution in [0.15, 0.2) is 96.5 Å². The Hall–Kier alpha value is -2.81. The van der Waals surface area contributed by atoms with Crippen LogP contribution in [0.25, 0.3) is 0 Å². The molecule has 3 nitrogen and oxygen atoms in total. The first-order chi connectivity index (χ1) is 13.1. The highest BCUT2D eigenvalue weighted by molar-refractivity contribution is 6.07. The van der Waals surface area contributed by atoms with Crippen molar-refractivity contribution in [2.24, 2.45) is 0 Å². The summed E-state index contributed by atoms with van der Waals surface area (Å²) in [6.45, 7) is 13.1. The van der Waals surface area contributed by atoms with Crippen molar-refractivity contribution in [1.82, 2.24) is 5.32 Å². The molecule has 0 amide bonds. The van der Waals surface area contributed by atoms with Crippen molar-refractivity contribution in [3.63, 3.8) is 0 Å². The number of allylic oxidation sites excluding steroid dienone is 11. The Labute approximate surface area is 163 Å². The number of ether oxygens (including phenoxy) is 1. The lowest BCUT2D eigenvalue weighted by molar-refractivity contribution is -0.111. The summed E-state index contributed by atoms with van der Waals surface area (Å²) in [5.74, 6) is 0.597. The molecule has 0 aliphatic heterocycles. The average molecular weight is 366 g/mol. The van der Waals surface area contributed by atoms with Gasteiger partial charge in [0.15, 0.2) is 5.78 Å².